The number of aryl methyl sites for hydroxylation is 1. The monoisotopic (exact) mass is 535 g/mol. The highest BCUT2D eigenvalue weighted by Gasteiger charge is 2.22. The van der Waals surface area contributed by atoms with Gasteiger partial charge < -0.3 is 10.2 Å². The van der Waals surface area contributed by atoms with Crippen molar-refractivity contribution in [3.05, 3.63) is 88.3 Å². The molecule has 0 bridgehead atoms. The molecule has 2 aliphatic rings. The van der Waals surface area contributed by atoms with E-state index < -0.39 is 0 Å². The first-order valence-corrected chi connectivity index (χ1v) is 13.8. The minimum Gasteiger partial charge on any atom is -0.369 e. The van der Waals surface area contributed by atoms with E-state index in [2.05, 4.69) is 56.6 Å². The van der Waals surface area contributed by atoms with Crippen LogP contribution in [0.25, 0.3) is 21.7 Å². The fraction of sp³-hybridized carbons (Fsp3) is 0.367. The summed E-state index contributed by atoms with van der Waals surface area (Å²) in [6.45, 7) is 17.5. The van der Waals surface area contributed by atoms with E-state index in [1.807, 2.05) is 18.2 Å². The number of piperazine rings is 1. The van der Waals surface area contributed by atoms with Crippen molar-refractivity contribution in [3.8, 4) is 5.82 Å². The third-order valence-electron chi connectivity index (χ3n) is 7.87. The van der Waals surface area contributed by atoms with Gasteiger partial charge in [-0.05, 0) is 61.1 Å². The smallest absolute Gasteiger partial charge is 0.278 e. The van der Waals surface area contributed by atoms with E-state index in [0.717, 1.165) is 56.1 Å². The van der Waals surface area contributed by atoms with Crippen LogP contribution in [0.2, 0.25) is 0 Å². The van der Waals surface area contributed by atoms with Gasteiger partial charge in [0, 0.05) is 49.4 Å². The summed E-state index contributed by atoms with van der Waals surface area (Å²) in [5.41, 5.74) is 4.72. The number of hydrogen-bond acceptors (Lipinski definition) is 7. The van der Waals surface area contributed by atoms with E-state index in [-0.39, 0.29) is 5.56 Å². The van der Waals surface area contributed by atoms with Crippen LogP contribution in [0.5, 0.6) is 0 Å². The van der Waals surface area contributed by atoms with Gasteiger partial charge in [0.25, 0.3) is 12.2 Å². The first-order valence-electron chi connectivity index (χ1n) is 13.8. The molecule has 40 heavy (non-hydrogen) atoms. The van der Waals surface area contributed by atoms with Gasteiger partial charge in [-0.3, -0.25) is 9.64 Å². The lowest BCUT2D eigenvalue weighted by Gasteiger charge is -2.33. The Morgan fingerprint density at radius 1 is 1.12 bits per heavy atom. The second-order valence-electron chi connectivity index (χ2n) is 10.5. The lowest BCUT2D eigenvalue weighted by molar-refractivity contribution is 0.283. The molecule has 4 heterocycles. The second kappa shape index (κ2) is 10.9. The van der Waals surface area contributed by atoms with E-state index in [1.54, 1.807) is 21.6 Å². The summed E-state index contributed by atoms with van der Waals surface area (Å²) in [5.74, 6) is 1.46. The molecule has 1 fully saturated rings. The average Bonchev–Trinajstić information content (AvgIpc) is 3.25. The number of allylic oxidation sites excluding steroid dienone is 1. The molecule has 10 nitrogen and oxygen atoms in total. The zero-order valence-electron chi connectivity index (χ0n) is 22.8. The summed E-state index contributed by atoms with van der Waals surface area (Å²) >= 11 is 0. The Balaban J connectivity index is 1.30. The molecule has 4 aromatic rings. The molecule has 0 saturated carbocycles. The predicted molar refractivity (Wildman–Crippen MR) is 157 cm³/mol. The van der Waals surface area contributed by atoms with Crippen molar-refractivity contribution in [2.45, 2.75) is 38.6 Å². The van der Waals surface area contributed by atoms with Gasteiger partial charge in [0.15, 0.2) is 11.5 Å². The van der Waals surface area contributed by atoms with Crippen molar-refractivity contribution >= 4 is 28.4 Å². The fourth-order valence-corrected chi connectivity index (χ4v) is 5.73. The first kappa shape index (κ1) is 25.8. The Morgan fingerprint density at radius 2 is 1.93 bits per heavy atom. The van der Waals surface area contributed by atoms with Crippen molar-refractivity contribution < 1.29 is 0 Å². The van der Waals surface area contributed by atoms with E-state index >= 15 is 0 Å². The van der Waals surface area contributed by atoms with E-state index in [1.165, 1.54) is 12.0 Å². The van der Waals surface area contributed by atoms with Gasteiger partial charge >= 0.3 is 0 Å². The van der Waals surface area contributed by atoms with Crippen LogP contribution in [0, 0.1) is 6.57 Å². The number of benzene rings is 1. The molecule has 1 atom stereocenters. The molecular formula is C30H33N9O. The van der Waals surface area contributed by atoms with E-state index in [4.69, 9.17) is 16.5 Å². The molecule has 1 aliphatic carbocycles. The van der Waals surface area contributed by atoms with E-state index in [9.17, 15) is 4.79 Å². The maximum absolute atomic E-state index is 13.3. The van der Waals surface area contributed by atoms with Crippen LogP contribution in [0.3, 0.4) is 0 Å². The lowest BCUT2D eigenvalue weighted by Crippen LogP contribution is -2.46. The summed E-state index contributed by atoms with van der Waals surface area (Å²) in [4.78, 5) is 35.6. The minimum atomic E-state index is -0.171. The summed E-state index contributed by atoms with van der Waals surface area (Å²) in [5, 5.41) is 3.74. The molecule has 6 rings (SSSR count). The molecule has 0 amide bonds. The molecule has 204 valence electrons. The number of pyridine rings is 1. The number of nitrogens with one attached hydrogen (secondary N) is 1. The Labute approximate surface area is 233 Å². The SMILES string of the molecule is [C-]#[N+]CN1CCN(c2ccc(Nc3ncc4c(=O)n(CC=C)n(-c5ccc6c(n5)C(C)CCC6)c4n3)cc2)CC1. The number of anilines is 3. The predicted octanol–water partition coefficient (Wildman–Crippen LogP) is 4.35. The Hall–Kier alpha value is -4.49. The van der Waals surface area contributed by atoms with Crippen LogP contribution in [0.4, 0.5) is 17.3 Å². The highest BCUT2D eigenvalue weighted by molar-refractivity contribution is 5.77. The van der Waals surface area contributed by atoms with E-state index in [0.29, 0.717) is 41.9 Å². The normalized spacial score (nSPS) is 17.4. The molecule has 10 heteroatoms. The van der Waals surface area contributed by atoms with Gasteiger partial charge in [0.1, 0.15) is 5.39 Å². The number of aromatic nitrogens is 5. The van der Waals surface area contributed by atoms with Crippen LogP contribution in [0.15, 0.2) is 60.0 Å². The van der Waals surface area contributed by atoms with Gasteiger partial charge in [0.05, 0.1) is 6.54 Å². The van der Waals surface area contributed by atoms with Crippen molar-refractivity contribution in [2.75, 3.05) is 43.1 Å². The van der Waals surface area contributed by atoms with Gasteiger partial charge in [-0.2, -0.15) is 4.98 Å². The molecule has 0 radical (unpaired) electrons. The quantitative estimate of drug-likeness (QED) is 0.278. The van der Waals surface area contributed by atoms with Crippen LogP contribution in [0.1, 0.15) is 36.9 Å². The first-order chi connectivity index (χ1) is 19.6. The van der Waals surface area contributed by atoms with Crippen LogP contribution < -0.4 is 15.8 Å². The Morgan fingerprint density at radius 3 is 2.67 bits per heavy atom. The molecule has 1 aliphatic heterocycles. The van der Waals surface area contributed by atoms with Gasteiger partial charge in [-0.15, -0.1) is 6.58 Å². The zero-order chi connectivity index (χ0) is 27.6. The summed E-state index contributed by atoms with van der Waals surface area (Å²) in [6.07, 6.45) is 6.61. The maximum Gasteiger partial charge on any atom is 0.278 e. The molecule has 1 aromatic carbocycles. The summed E-state index contributed by atoms with van der Waals surface area (Å²) < 4.78 is 3.41. The number of rotatable bonds is 7. The van der Waals surface area contributed by atoms with Gasteiger partial charge in [-0.1, -0.05) is 19.1 Å². The van der Waals surface area contributed by atoms with Gasteiger partial charge in [-0.25, -0.2) is 30.8 Å². The van der Waals surface area contributed by atoms with Crippen LogP contribution in [-0.2, 0) is 13.0 Å². The van der Waals surface area contributed by atoms with Crippen LogP contribution >= 0.6 is 0 Å². The van der Waals surface area contributed by atoms with Crippen molar-refractivity contribution in [3.63, 3.8) is 0 Å². The summed E-state index contributed by atoms with van der Waals surface area (Å²) in [7, 11) is 0. The second-order valence-corrected chi connectivity index (χ2v) is 10.5. The Kier molecular flexibility index (Phi) is 7.05. The average molecular weight is 536 g/mol. The zero-order valence-corrected chi connectivity index (χ0v) is 22.8. The molecule has 1 unspecified atom stereocenters. The topological polar surface area (TPSA) is 88.5 Å². The minimum absolute atomic E-state index is 0.171. The summed E-state index contributed by atoms with van der Waals surface area (Å²) in [6, 6.07) is 12.3. The third kappa shape index (κ3) is 4.84. The van der Waals surface area contributed by atoms with Crippen molar-refractivity contribution in [2.24, 2.45) is 0 Å². The molecule has 3 aromatic heterocycles. The number of nitrogens with zero attached hydrogens (tertiary/aromatic N) is 8. The van der Waals surface area contributed by atoms with Crippen molar-refractivity contribution in [1.29, 1.82) is 0 Å². The standard InChI is InChI=1S/C30H33N9O/c1-4-14-38-29(40)25-19-32-30(33-23-9-11-24(12-10-23)37-17-15-36(16-18-37)20-31-3)35-28(25)39(38)26-13-8-22-7-5-6-21(2)27(22)34-26/h4,8-13,19,21H,1,5-7,14-18,20H2,2H3,(H,32,33,35). The number of hydrogen-bond donors (Lipinski definition) is 1. The largest absolute Gasteiger partial charge is 0.369 e. The number of fused-ring (bicyclic) bond motifs is 2. The highest BCUT2D eigenvalue weighted by Crippen LogP contribution is 2.31. The highest BCUT2D eigenvalue weighted by atomic mass is 16.1. The molecule has 0 spiro atoms. The third-order valence-corrected chi connectivity index (χ3v) is 7.87. The lowest BCUT2D eigenvalue weighted by atomic mass is 9.88. The van der Waals surface area contributed by atoms with Crippen molar-refractivity contribution in [1.82, 2.24) is 29.2 Å². The molecule has 1 N–H and O–H groups in total. The molecule has 1 saturated heterocycles. The van der Waals surface area contributed by atoms with Gasteiger partial charge in [0.2, 0.25) is 5.95 Å². The van der Waals surface area contributed by atoms with Crippen LogP contribution in [-0.4, -0.2) is 62.1 Å². The Bertz CT molecular complexity index is 1640. The molecular weight excluding hydrogens is 502 g/mol. The fourth-order valence-electron chi connectivity index (χ4n) is 5.73. The maximum atomic E-state index is 13.3.